The van der Waals surface area contributed by atoms with Crippen molar-refractivity contribution in [1.82, 2.24) is 5.32 Å². The highest BCUT2D eigenvalue weighted by molar-refractivity contribution is 5.77. The van der Waals surface area contributed by atoms with Crippen LogP contribution in [0.1, 0.15) is 12.5 Å². The molecule has 3 rings (SSSR count). The van der Waals surface area contributed by atoms with Gasteiger partial charge in [0.25, 0.3) is 0 Å². The van der Waals surface area contributed by atoms with Crippen molar-refractivity contribution in [2.45, 2.75) is 44.1 Å². The zero-order valence-corrected chi connectivity index (χ0v) is 12.7. The van der Waals surface area contributed by atoms with Crippen LogP contribution in [0.3, 0.4) is 0 Å². The maximum absolute atomic E-state index is 12.0. The smallest absolute Gasteiger partial charge is 0.325 e. The average Bonchev–Trinajstić information content (AvgIpc) is 2.91. The monoisotopic (exact) mass is 307 g/mol. The van der Waals surface area contributed by atoms with Crippen LogP contribution in [0.15, 0.2) is 30.3 Å². The van der Waals surface area contributed by atoms with Gasteiger partial charge in [0.15, 0.2) is 6.29 Å². The number of nitrogens with one attached hydrogen (secondary N) is 1. The first-order valence-electron chi connectivity index (χ1n) is 7.45. The van der Waals surface area contributed by atoms with E-state index in [0.29, 0.717) is 13.2 Å². The fourth-order valence-electron chi connectivity index (χ4n) is 2.94. The Kier molecular flexibility index (Phi) is 4.73. The topological polar surface area (TPSA) is 66.0 Å². The Morgan fingerprint density at radius 1 is 1.36 bits per heavy atom. The maximum Gasteiger partial charge on any atom is 0.325 e. The minimum absolute atomic E-state index is 0.0685. The summed E-state index contributed by atoms with van der Waals surface area (Å²) in [5, 5.41) is 3.20. The molecule has 2 fully saturated rings. The number of benzene rings is 1. The maximum atomic E-state index is 12.0. The summed E-state index contributed by atoms with van der Waals surface area (Å²) in [6.07, 6.45) is -0.928. The molecule has 2 aliphatic heterocycles. The Morgan fingerprint density at radius 3 is 2.86 bits per heavy atom. The van der Waals surface area contributed by atoms with Gasteiger partial charge in [-0.2, -0.15) is 0 Å². The fourth-order valence-corrected chi connectivity index (χ4v) is 2.94. The summed E-state index contributed by atoms with van der Waals surface area (Å²) in [5.41, 5.74) is 1.05. The van der Waals surface area contributed by atoms with E-state index >= 15 is 0 Å². The molecule has 0 unspecified atom stereocenters. The van der Waals surface area contributed by atoms with E-state index in [-0.39, 0.29) is 24.4 Å². The van der Waals surface area contributed by atoms with Crippen molar-refractivity contribution < 1.29 is 23.7 Å². The first-order valence-corrected chi connectivity index (χ1v) is 7.45. The van der Waals surface area contributed by atoms with Crippen molar-refractivity contribution in [2.24, 2.45) is 0 Å². The van der Waals surface area contributed by atoms with Crippen LogP contribution < -0.4 is 5.32 Å². The van der Waals surface area contributed by atoms with Gasteiger partial charge in [-0.3, -0.25) is 10.1 Å². The summed E-state index contributed by atoms with van der Waals surface area (Å²) < 4.78 is 22.2. The minimum atomic E-state index is -0.544. The third kappa shape index (κ3) is 3.15. The minimum Gasteiger partial charge on any atom is -0.468 e. The quantitative estimate of drug-likeness (QED) is 0.832. The van der Waals surface area contributed by atoms with Crippen LogP contribution in [-0.4, -0.2) is 50.3 Å². The number of hydrogen-bond donors (Lipinski definition) is 1. The molecule has 22 heavy (non-hydrogen) atoms. The van der Waals surface area contributed by atoms with E-state index < -0.39 is 12.1 Å². The summed E-state index contributed by atoms with van der Waals surface area (Å²) in [6, 6.07) is 9.23. The molecule has 120 valence electrons. The molecular formula is C16H21NO5. The van der Waals surface area contributed by atoms with E-state index in [0.717, 1.165) is 5.56 Å². The molecule has 1 aromatic rings. The second kappa shape index (κ2) is 6.75. The lowest BCUT2D eigenvalue weighted by atomic mass is 10.1. The molecule has 0 radical (unpaired) electrons. The number of rotatable bonds is 4. The molecule has 5 atom stereocenters. The number of carbonyl (C=O) groups excluding carboxylic acids is 1. The lowest BCUT2D eigenvalue weighted by molar-refractivity contribution is -0.228. The lowest BCUT2D eigenvalue weighted by Crippen LogP contribution is -2.47. The number of carbonyl (C=O) groups is 1. The highest BCUT2D eigenvalue weighted by atomic mass is 16.7. The van der Waals surface area contributed by atoms with E-state index in [4.69, 9.17) is 18.9 Å². The Labute approximate surface area is 129 Å². The first kappa shape index (κ1) is 15.4. The molecule has 0 aliphatic carbocycles. The van der Waals surface area contributed by atoms with Crippen LogP contribution in [0.2, 0.25) is 0 Å². The molecular weight excluding hydrogens is 286 g/mol. The number of methoxy groups -OCH3 is 1. The highest BCUT2D eigenvalue weighted by Crippen LogP contribution is 2.27. The van der Waals surface area contributed by atoms with E-state index in [2.05, 4.69) is 5.32 Å². The van der Waals surface area contributed by atoms with Crippen LogP contribution in [0, 0.1) is 0 Å². The van der Waals surface area contributed by atoms with Crippen LogP contribution in [0.5, 0.6) is 0 Å². The number of esters is 1. The molecule has 0 saturated carbocycles. The largest absolute Gasteiger partial charge is 0.468 e. The Bertz CT molecular complexity index is 509. The van der Waals surface area contributed by atoms with Gasteiger partial charge in [0.05, 0.1) is 26.4 Å². The lowest BCUT2D eigenvalue weighted by Gasteiger charge is -2.32. The predicted molar refractivity (Wildman–Crippen MR) is 78.0 cm³/mol. The molecule has 6 heteroatoms. The van der Waals surface area contributed by atoms with E-state index in [1.807, 2.05) is 37.3 Å². The number of ether oxygens (including phenoxy) is 4. The second-order valence-electron chi connectivity index (χ2n) is 5.54. The third-order valence-corrected chi connectivity index (χ3v) is 4.04. The van der Waals surface area contributed by atoms with Crippen molar-refractivity contribution in [3.8, 4) is 0 Å². The van der Waals surface area contributed by atoms with Gasteiger partial charge in [-0.1, -0.05) is 30.3 Å². The Hall–Kier alpha value is -1.47. The van der Waals surface area contributed by atoms with Crippen LogP contribution in [0.4, 0.5) is 0 Å². The first-order chi connectivity index (χ1) is 10.7. The molecule has 2 aliphatic rings. The van der Waals surface area contributed by atoms with Gasteiger partial charge in [-0.15, -0.1) is 0 Å². The zero-order chi connectivity index (χ0) is 15.5. The Morgan fingerprint density at radius 2 is 2.14 bits per heavy atom. The van der Waals surface area contributed by atoms with Gasteiger partial charge in [-0.05, 0) is 12.5 Å². The molecule has 2 saturated heterocycles. The number of hydrogen-bond acceptors (Lipinski definition) is 6. The van der Waals surface area contributed by atoms with Gasteiger partial charge < -0.3 is 18.9 Å². The summed E-state index contributed by atoms with van der Waals surface area (Å²) in [5.74, 6) is -0.344. The SMILES string of the molecule is COC(=O)[C@H]1N[C@H]2CO[C@@H](C)O[C@H]2[C@H]1OCc1ccccc1. The van der Waals surface area contributed by atoms with Gasteiger partial charge >= 0.3 is 5.97 Å². The van der Waals surface area contributed by atoms with Crippen LogP contribution >= 0.6 is 0 Å². The van der Waals surface area contributed by atoms with E-state index in [1.54, 1.807) is 0 Å². The van der Waals surface area contributed by atoms with Crippen LogP contribution in [0.25, 0.3) is 0 Å². The highest BCUT2D eigenvalue weighted by Gasteiger charge is 2.51. The normalized spacial score (nSPS) is 34.2. The molecule has 0 bridgehead atoms. The molecule has 1 N–H and O–H groups in total. The number of fused-ring (bicyclic) bond motifs is 1. The molecule has 6 nitrogen and oxygen atoms in total. The van der Waals surface area contributed by atoms with Crippen molar-refractivity contribution in [3.05, 3.63) is 35.9 Å². The second-order valence-corrected chi connectivity index (χ2v) is 5.54. The summed E-state index contributed by atoms with van der Waals surface area (Å²) in [6.45, 7) is 2.75. The predicted octanol–water partition coefficient (Wildman–Crippen LogP) is 0.847. The fraction of sp³-hybridized carbons (Fsp3) is 0.562. The molecule has 2 heterocycles. The van der Waals surface area contributed by atoms with E-state index in [1.165, 1.54) is 7.11 Å². The molecule has 1 aromatic carbocycles. The third-order valence-electron chi connectivity index (χ3n) is 4.04. The summed E-state index contributed by atoms with van der Waals surface area (Å²) >= 11 is 0. The average molecular weight is 307 g/mol. The molecule has 0 aromatic heterocycles. The van der Waals surface area contributed by atoms with Crippen molar-refractivity contribution in [3.63, 3.8) is 0 Å². The van der Waals surface area contributed by atoms with Crippen molar-refractivity contribution in [1.29, 1.82) is 0 Å². The Balaban J connectivity index is 1.72. The molecule has 0 amide bonds. The van der Waals surface area contributed by atoms with Gasteiger partial charge in [-0.25, -0.2) is 0 Å². The van der Waals surface area contributed by atoms with Gasteiger partial charge in [0, 0.05) is 0 Å². The van der Waals surface area contributed by atoms with Gasteiger partial charge in [0.1, 0.15) is 18.2 Å². The zero-order valence-electron chi connectivity index (χ0n) is 12.7. The van der Waals surface area contributed by atoms with Crippen LogP contribution in [-0.2, 0) is 30.3 Å². The van der Waals surface area contributed by atoms with E-state index in [9.17, 15) is 4.79 Å². The van der Waals surface area contributed by atoms with Gasteiger partial charge in [0.2, 0.25) is 0 Å². The van der Waals surface area contributed by atoms with Crippen molar-refractivity contribution >= 4 is 5.97 Å². The summed E-state index contributed by atoms with van der Waals surface area (Å²) in [4.78, 5) is 12.0. The summed E-state index contributed by atoms with van der Waals surface area (Å²) in [7, 11) is 1.38. The molecule has 0 spiro atoms. The van der Waals surface area contributed by atoms with Crippen molar-refractivity contribution in [2.75, 3.05) is 13.7 Å². The standard InChI is InChI=1S/C16H21NO5/c1-10-20-9-12-14(22-10)15(13(17-12)16(18)19-2)21-8-11-6-4-3-5-7-11/h3-7,10,12-15,17H,8-9H2,1-2H3/t10-,12+,13+,14-,15+/m1/s1.